The lowest BCUT2D eigenvalue weighted by atomic mass is 10.0. The van der Waals surface area contributed by atoms with Gasteiger partial charge >= 0.3 is 0 Å². The van der Waals surface area contributed by atoms with Gasteiger partial charge in [-0.25, -0.2) is 4.39 Å². The number of carbonyl (C=O) groups excluding carboxylic acids is 2. The minimum atomic E-state index is -0.404. The number of ether oxygens (including phenoxy) is 1. The molecule has 2 aromatic carbocycles. The number of benzene rings is 2. The minimum absolute atomic E-state index is 0.146. The molecule has 2 amide bonds. The first-order valence-electron chi connectivity index (χ1n) is 9.27. The highest BCUT2D eigenvalue weighted by Crippen LogP contribution is 2.32. The van der Waals surface area contributed by atoms with E-state index < -0.39 is 5.91 Å². The molecule has 0 spiro atoms. The van der Waals surface area contributed by atoms with Crippen LogP contribution in [0.2, 0.25) is 0 Å². The van der Waals surface area contributed by atoms with Crippen LogP contribution in [0.4, 0.5) is 4.39 Å². The van der Waals surface area contributed by atoms with Crippen LogP contribution in [0.3, 0.4) is 0 Å². The van der Waals surface area contributed by atoms with E-state index in [2.05, 4.69) is 0 Å². The number of halogens is 1. The van der Waals surface area contributed by atoms with Crippen molar-refractivity contribution in [1.29, 1.82) is 0 Å². The van der Waals surface area contributed by atoms with Crippen molar-refractivity contribution in [2.24, 2.45) is 0 Å². The fraction of sp³-hybridized carbons (Fsp3) is 0.273. The predicted molar refractivity (Wildman–Crippen MR) is 106 cm³/mol. The molecule has 1 aliphatic rings. The van der Waals surface area contributed by atoms with Crippen LogP contribution in [-0.4, -0.2) is 60.6 Å². The number of imide groups is 1. The molecule has 1 aliphatic heterocycles. The van der Waals surface area contributed by atoms with E-state index in [9.17, 15) is 19.1 Å². The van der Waals surface area contributed by atoms with Gasteiger partial charge in [0.25, 0.3) is 11.8 Å². The first-order valence-corrected chi connectivity index (χ1v) is 9.27. The van der Waals surface area contributed by atoms with Crippen LogP contribution in [-0.2, 0) is 16.0 Å². The van der Waals surface area contributed by atoms with Gasteiger partial charge in [-0.15, -0.1) is 0 Å². The molecule has 2 aromatic rings. The normalized spacial score (nSPS) is 14.0. The van der Waals surface area contributed by atoms with Gasteiger partial charge in [-0.3, -0.25) is 14.5 Å². The highest BCUT2D eigenvalue weighted by atomic mass is 19.1. The zero-order valence-corrected chi connectivity index (χ0v) is 16.4. The van der Waals surface area contributed by atoms with Crippen LogP contribution in [0.5, 0.6) is 5.75 Å². The van der Waals surface area contributed by atoms with Gasteiger partial charge in [0.05, 0.1) is 19.3 Å². The summed E-state index contributed by atoms with van der Waals surface area (Å²) in [6.45, 7) is 0.256. The Bertz CT molecular complexity index is 923. The van der Waals surface area contributed by atoms with Gasteiger partial charge in [-0.2, -0.15) is 0 Å². The number of amides is 2. The highest BCUT2D eigenvalue weighted by molar-refractivity contribution is 6.35. The molecule has 0 fully saturated rings. The summed E-state index contributed by atoms with van der Waals surface area (Å²) in [5, 5.41) is 9.29. The van der Waals surface area contributed by atoms with E-state index in [4.69, 9.17) is 4.74 Å². The monoisotopic (exact) mass is 398 g/mol. The van der Waals surface area contributed by atoms with Crippen molar-refractivity contribution in [3.05, 3.63) is 71.2 Å². The van der Waals surface area contributed by atoms with Gasteiger partial charge in [0.15, 0.2) is 0 Å². The van der Waals surface area contributed by atoms with E-state index in [0.29, 0.717) is 23.3 Å². The molecule has 3 rings (SSSR count). The summed E-state index contributed by atoms with van der Waals surface area (Å²) in [6.07, 6.45) is 0.421. The molecular formula is C22H23FN2O4. The maximum Gasteiger partial charge on any atom is 0.277 e. The Morgan fingerprint density at radius 2 is 1.69 bits per heavy atom. The molecule has 29 heavy (non-hydrogen) atoms. The third kappa shape index (κ3) is 4.30. The van der Waals surface area contributed by atoms with Crippen LogP contribution in [0.25, 0.3) is 5.57 Å². The zero-order valence-electron chi connectivity index (χ0n) is 16.4. The van der Waals surface area contributed by atoms with Gasteiger partial charge in [0.2, 0.25) is 0 Å². The second-order valence-corrected chi connectivity index (χ2v) is 6.74. The number of nitrogens with zero attached hydrogens (tertiary/aromatic N) is 2. The molecule has 0 radical (unpaired) electrons. The summed E-state index contributed by atoms with van der Waals surface area (Å²) in [6, 6.07) is 12.9. The lowest BCUT2D eigenvalue weighted by molar-refractivity contribution is -0.137. The van der Waals surface area contributed by atoms with Crippen molar-refractivity contribution in [3.8, 4) is 5.75 Å². The Balaban J connectivity index is 1.89. The van der Waals surface area contributed by atoms with Crippen LogP contribution >= 0.6 is 0 Å². The molecule has 0 aliphatic carbocycles. The molecule has 0 saturated carbocycles. The van der Waals surface area contributed by atoms with E-state index in [1.807, 2.05) is 0 Å². The number of carbonyl (C=O) groups is 2. The molecular weight excluding hydrogens is 375 g/mol. The summed E-state index contributed by atoms with van der Waals surface area (Å²) in [7, 11) is 3.22. The van der Waals surface area contributed by atoms with E-state index in [1.54, 1.807) is 55.5 Å². The third-order valence-electron chi connectivity index (χ3n) is 4.88. The highest BCUT2D eigenvalue weighted by Gasteiger charge is 2.40. The number of likely N-dealkylation sites (N-methyl/N-ethyl adjacent to an activating group) is 1. The SMILES string of the molecule is COc1ccc(C2=C(N(C)CCO)C(=O)N(CCc3ccc(F)cc3)C2=O)cc1. The fourth-order valence-corrected chi connectivity index (χ4v) is 3.29. The number of rotatable bonds is 8. The van der Waals surface area contributed by atoms with Crippen LogP contribution in [0.1, 0.15) is 11.1 Å². The summed E-state index contributed by atoms with van der Waals surface area (Å²) in [5.41, 5.74) is 1.99. The summed E-state index contributed by atoms with van der Waals surface area (Å²) in [4.78, 5) is 29.0. The van der Waals surface area contributed by atoms with Crippen molar-refractivity contribution >= 4 is 17.4 Å². The van der Waals surface area contributed by atoms with E-state index in [0.717, 1.165) is 5.56 Å². The Labute approximate surface area is 168 Å². The Morgan fingerprint density at radius 3 is 2.28 bits per heavy atom. The Hall–Kier alpha value is -3.19. The maximum atomic E-state index is 13.1. The molecule has 6 nitrogen and oxygen atoms in total. The van der Waals surface area contributed by atoms with Gasteiger partial charge in [-0.1, -0.05) is 24.3 Å². The topological polar surface area (TPSA) is 70.1 Å². The summed E-state index contributed by atoms with van der Waals surface area (Å²) >= 11 is 0. The zero-order chi connectivity index (χ0) is 21.0. The average molecular weight is 398 g/mol. The van der Waals surface area contributed by atoms with Gasteiger partial charge in [0, 0.05) is 20.1 Å². The molecule has 0 atom stereocenters. The Kier molecular flexibility index (Phi) is 6.29. The molecule has 1 N–H and O–H groups in total. The quantitative estimate of drug-likeness (QED) is 0.690. The number of aliphatic hydroxyl groups is 1. The molecule has 1 heterocycles. The number of aliphatic hydroxyl groups excluding tert-OH is 1. The van der Waals surface area contributed by atoms with Crippen molar-refractivity contribution in [3.63, 3.8) is 0 Å². The molecule has 0 unspecified atom stereocenters. The van der Waals surface area contributed by atoms with Crippen LogP contribution in [0, 0.1) is 5.82 Å². The fourth-order valence-electron chi connectivity index (χ4n) is 3.29. The number of hydrogen-bond donors (Lipinski definition) is 1. The molecule has 0 aromatic heterocycles. The van der Waals surface area contributed by atoms with Gasteiger partial charge in [-0.05, 0) is 41.8 Å². The Morgan fingerprint density at radius 1 is 1.03 bits per heavy atom. The second-order valence-electron chi connectivity index (χ2n) is 6.74. The van der Waals surface area contributed by atoms with Gasteiger partial charge < -0.3 is 14.7 Å². The lowest BCUT2D eigenvalue weighted by Gasteiger charge is -2.20. The standard InChI is InChI=1S/C22H23FN2O4/c1-24(13-14-26)20-19(16-5-9-18(29-2)10-6-16)21(27)25(22(20)28)12-11-15-3-7-17(23)8-4-15/h3-10,26H,11-14H2,1-2H3. The van der Waals surface area contributed by atoms with Crippen molar-refractivity contribution in [1.82, 2.24) is 9.80 Å². The van der Waals surface area contributed by atoms with Crippen LogP contribution < -0.4 is 4.74 Å². The summed E-state index contributed by atoms with van der Waals surface area (Å²) < 4.78 is 18.3. The summed E-state index contributed by atoms with van der Waals surface area (Å²) in [5.74, 6) is -0.482. The van der Waals surface area contributed by atoms with Crippen molar-refractivity contribution < 1.29 is 23.8 Å². The predicted octanol–water partition coefficient (Wildman–Crippen LogP) is 2.08. The van der Waals surface area contributed by atoms with Crippen LogP contribution in [0.15, 0.2) is 54.2 Å². The number of hydrogen-bond acceptors (Lipinski definition) is 5. The van der Waals surface area contributed by atoms with E-state index in [1.165, 1.54) is 17.0 Å². The van der Waals surface area contributed by atoms with Crippen molar-refractivity contribution in [2.75, 3.05) is 33.9 Å². The average Bonchev–Trinajstić information content (AvgIpc) is 2.98. The largest absolute Gasteiger partial charge is 0.497 e. The molecule has 0 bridgehead atoms. The third-order valence-corrected chi connectivity index (χ3v) is 4.88. The second kappa shape index (κ2) is 8.87. The molecule has 0 saturated heterocycles. The molecule has 152 valence electrons. The molecule has 7 heteroatoms. The number of methoxy groups -OCH3 is 1. The maximum absolute atomic E-state index is 13.1. The van der Waals surface area contributed by atoms with E-state index in [-0.39, 0.29) is 37.1 Å². The van der Waals surface area contributed by atoms with E-state index >= 15 is 0 Å². The van der Waals surface area contributed by atoms with Crippen molar-refractivity contribution in [2.45, 2.75) is 6.42 Å². The van der Waals surface area contributed by atoms with Gasteiger partial charge in [0.1, 0.15) is 17.3 Å². The first kappa shape index (κ1) is 20.5. The lowest BCUT2D eigenvalue weighted by Crippen LogP contribution is -2.36. The minimum Gasteiger partial charge on any atom is -0.497 e. The first-order chi connectivity index (χ1) is 14.0. The smallest absolute Gasteiger partial charge is 0.277 e.